The number of nitrogens with zero attached hydrogens (tertiary/aromatic N) is 2. The molecule has 0 radical (unpaired) electrons. The fourth-order valence-electron chi connectivity index (χ4n) is 5.81. The zero-order valence-electron chi connectivity index (χ0n) is 20.2. The number of hydrogen-bond acceptors (Lipinski definition) is 9. The summed E-state index contributed by atoms with van der Waals surface area (Å²) in [4.78, 5) is 42.5. The van der Waals surface area contributed by atoms with Crippen molar-refractivity contribution in [1.82, 2.24) is 4.90 Å². The molecule has 4 rings (SSSR count). The smallest absolute Gasteiger partial charge is 0.255 e. The number of nitrogens with two attached hydrogens (primary N) is 1. The van der Waals surface area contributed by atoms with Gasteiger partial charge in [0.15, 0.2) is 11.4 Å². The monoisotopic (exact) mass is 507 g/mol. The molecule has 0 saturated carbocycles. The molecule has 1 aromatic carbocycles. The molecule has 35 heavy (non-hydrogen) atoms. The Morgan fingerprint density at radius 3 is 2.31 bits per heavy atom. The highest BCUT2D eigenvalue weighted by molar-refractivity contribution is 6.24. The van der Waals surface area contributed by atoms with Crippen LogP contribution < -0.4 is 15.4 Å². The zero-order chi connectivity index (χ0) is 25.3. The lowest BCUT2D eigenvalue weighted by Crippen LogP contribution is -2.63. The van der Waals surface area contributed by atoms with Crippen molar-refractivity contribution in [3.8, 4) is 5.75 Å². The van der Waals surface area contributed by atoms with Gasteiger partial charge < -0.3 is 30.7 Å². The van der Waals surface area contributed by atoms with Gasteiger partial charge in [-0.3, -0.25) is 19.3 Å². The molecule has 11 heteroatoms. The second-order valence-electron chi connectivity index (χ2n) is 9.50. The van der Waals surface area contributed by atoms with Crippen molar-refractivity contribution in [2.24, 2.45) is 17.6 Å². The number of allylic oxidation sites excluding steroid dienone is 1. The summed E-state index contributed by atoms with van der Waals surface area (Å²) in [7, 11) is 8.36. The molecule has 0 aromatic heterocycles. The highest BCUT2D eigenvalue weighted by atomic mass is 35.5. The molecule has 1 amide bonds. The van der Waals surface area contributed by atoms with E-state index in [0.29, 0.717) is 12.2 Å². The van der Waals surface area contributed by atoms with Crippen molar-refractivity contribution >= 4 is 35.6 Å². The van der Waals surface area contributed by atoms with Crippen LogP contribution in [-0.2, 0) is 16.0 Å². The quantitative estimate of drug-likeness (QED) is 0.435. The summed E-state index contributed by atoms with van der Waals surface area (Å²) in [6, 6.07) is 2.52. The Balaban J connectivity index is 0.00000342. The maximum atomic E-state index is 13.7. The zero-order valence-corrected chi connectivity index (χ0v) is 21.0. The van der Waals surface area contributed by atoms with Crippen molar-refractivity contribution in [2.75, 3.05) is 40.2 Å². The summed E-state index contributed by atoms with van der Waals surface area (Å²) >= 11 is 0. The van der Waals surface area contributed by atoms with Crippen molar-refractivity contribution in [3.05, 3.63) is 45.9 Å². The van der Waals surface area contributed by atoms with Crippen LogP contribution in [0, 0.1) is 11.8 Å². The van der Waals surface area contributed by atoms with E-state index in [9.17, 15) is 29.7 Å². The summed E-state index contributed by atoms with van der Waals surface area (Å²) in [6.07, 6.45) is 0.453. The van der Waals surface area contributed by atoms with Crippen LogP contribution in [0.4, 0.5) is 5.69 Å². The summed E-state index contributed by atoms with van der Waals surface area (Å²) in [5.74, 6) is -5.57. The van der Waals surface area contributed by atoms with Gasteiger partial charge in [0.05, 0.1) is 18.7 Å². The van der Waals surface area contributed by atoms with Crippen molar-refractivity contribution in [2.45, 2.75) is 24.5 Å². The minimum Gasteiger partial charge on any atom is -0.510 e. The third kappa shape index (κ3) is 3.50. The third-order valence-corrected chi connectivity index (χ3v) is 7.27. The summed E-state index contributed by atoms with van der Waals surface area (Å²) in [5, 5.41) is 33.7. The number of benzene rings is 1. The number of carbonyl (C=O) groups is 3. The Morgan fingerprint density at radius 1 is 1.17 bits per heavy atom. The molecule has 0 heterocycles. The van der Waals surface area contributed by atoms with Crippen LogP contribution in [0.25, 0.3) is 0 Å². The van der Waals surface area contributed by atoms with Gasteiger partial charge in [0.25, 0.3) is 5.91 Å². The Morgan fingerprint density at radius 2 is 1.80 bits per heavy atom. The molecule has 4 unspecified atom stereocenters. The van der Waals surface area contributed by atoms with E-state index in [4.69, 9.17) is 10.5 Å². The first-order chi connectivity index (χ1) is 15.9. The number of hydrogen-bond donors (Lipinski definition) is 4. The third-order valence-electron chi connectivity index (χ3n) is 7.27. The maximum absolute atomic E-state index is 13.7. The second-order valence-corrected chi connectivity index (χ2v) is 9.50. The number of aliphatic hydroxyl groups is 3. The lowest BCUT2D eigenvalue weighted by atomic mass is 9.58. The van der Waals surface area contributed by atoms with Crippen LogP contribution in [0.2, 0.25) is 0 Å². The molecule has 10 nitrogen and oxygen atoms in total. The number of anilines is 1. The highest BCUT2D eigenvalue weighted by Crippen LogP contribution is 2.53. The van der Waals surface area contributed by atoms with Gasteiger partial charge in [-0.25, -0.2) is 0 Å². The van der Waals surface area contributed by atoms with Crippen LogP contribution in [-0.4, -0.2) is 84.6 Å². The van der Waals surface area contributed by atoms with Gasteiger partial charge in [0.2, 0.25) is 5.78 Å². The predicted molar refractivity (Wildman–Crippen MR) is 130 cm³/mol. The normalized spacial score (nSPS) is 27.7. The molecule has 0 fully saturated rings. The topological polar surface area (TPSA) is 154 Å². The molecule has 3 aliphatic carbocycles. The average molecular weight is 508 g/mol. The van der Waals surface area contributed by atoms with E-state index in [1.54, 1.807) is 25.1 Å². The summed E-state index contributed by atoms with van der Waals surface area (Å²) < 4.78 is 5.42. The van der Waals surface area contributed by atoms with E-state index in [-0.39, 0.29) is 30.0 Å². The first-order valence-electron chi connectivity index (χ1n) is 10.9. The number of Topliss-reactive ketones (excluding diaryl/α,β-unsaturated/α-hetero) is 2. The number of ether oxygens (including phenoxy) is 1. The largest absolute Gasteiger partial charge is 0.510 e. The van der Waals surface area contributed by atoms with Gasteiger partial charge in [-0.2, -0.15) is 0 Å². The van der Waals surface area contributed by atoms with E-state index in [1.807, 2.05) is 25.1 Å². The van der Waals surface area contributed by atoms with Gasteiger partial charge >= 0.3 is 0 Å². The van der Waals surface area contributed by atoms with Crippen LogP contribution in [0.1, 0.15) is 22.3 Å². The number of ketones is 2. The number of rotatable bonds is 4. The SMILES string of the molecule is COc1ccc(N(C)C)c2c1C(=O)C1=C(O)C3(O)C(=O)C(C(N)=O)=C(O)C(N(C)C)C3CC1C2.Cl. The van der Waals surface area contributed by atoms with Gasteiger partial charge in [-0.15, -0.1) is 12.4 Å². The van der Waals surface area contributed by atoms with Gasteiger partial charge in [-0.1, -0.05) is 0 Å². The molecule has 0 spiro atoms. The van der Waals surface area contributed by atoms with E-state index >= 15 is 0 Å². The van der Waals surface area contributed by atoms with Crippen molar-refractivity contribution in [1.29, 1.82) is 0 Å². The Kier molecular flexibility index (Phi) is 6.71. The molecule has 0 aliphatic heterocycles. The van der Waals surface area contributed by atoms with Crippen LogP contribution in [0.15, 0.2) is 34.8 Å². The number of methoxy groups -OCH3 is 1. The van der Waals surface area contributed by atoms with Gasteiger partial charge in [-0.05, 0) is 50.6 Å². The van der Waals surface area contributed by atoms with E-state index in [0.717, 1.165) is 11.3 Å². The molecule has 1 aromatic rings. The number of fused-ring (bicyclic) bond motifs is 3. The minimum atomic E-state index is -2.59. The molecule has 190 valence electrons. The highest BCUT2D eigenvalue weighted by Gasteiger charge is 2.63. The molecule has 5 N–H and O–H groups in total. The van der Waals surface area contributed by atoms with Gasteiger partial charge in [0, 0.05) is 31.3 Å². The fourth-order valence-corrected chi connectivity index (χ4v) is 5.81. The predicted octanol–water partition coefficient (Wildman–Crippen LogP) is 0.911. The second kappa shape index (κ2) is 8.85. The number of likely N-dealkylation sites (N-methyl/N-ethyl adjacent to an activating group) is 1. The van der Waals surface area contributed by atoms with Crippen molar-refractivity contribution in [3.63, 3.8) is 0 Å². The van der Waals surface area contributed by atoms with Crippen LogP contribution in [0.3, 0.4) is 0 Å². The number of halogens is 1. The van der Waals surface area contributed by atoms with Gasteiger partial charge in [0.1, 0.15) is 22.8 Å². The van der Waals surface area contributed by atoms with E-state index in [2.05, 4.69) is 0 Å². The summed E-state index contributed by atoms with van der Waals surface area (Å²) in [5.41, 5.74) is 3.71. The first-order valence-corrected chi connectivity index (χ1v) is 10.9. The van der Waals surface area contributed by atoms with E-state index < -0.39 is 58.0 Å². The Hall–Kier alpha value is -3.08. The molecule has 0 bridgehead atoms. The maximum Gasteiger partial charge on any atom is 0.255 e. The molecule has 0 saturated heterocycles. The average Bonchev–Trinajstić information content (AvgIpc) is 2.74. The van der Waals surface area contributed by atoms with Crippen LogP contribution >= 0.6 is 12.4 Å². The Bertz CT molecular complexity index is 1190. The molecular weight excluding hydrogens is 478 g/mol. The lowest BCUT2D eigenvalue weighted by Gasteiger charge is -2.50. The lowest BCUT2D eigenvalue weighted by molar-refractivity contribution is -0.148. The first kappa shape index (κ1) is 26.5. The number of aliphatic hydroxyl groups excluding tert-OH is 2. The molecular formula is C24H30ClN3O7. The van der Waals surface area contributed by atoms with Crippen LogP contribution in [0.5, 0.6) is 5.75 Å². The Labute approximate surface area is 209 Å². The summed E-state index contributed by atoms with van der Waals surface area (Å²) in [6.45, 7) is 0. The fraction of sp³-hybridized carbons (Fsp3) is 0.458. The van der Waals surface area contributed by atoms with Crippen molar-refractivity contribution < 1.29 is 34.4 Å². The molecule has 4 atom stereocenters. The standard InChI is InChI=1S/C24H29N3O7.ClH/c1-26(2)13-6-7-14(34-5)16-11(13)8-10-9-12-18(27(3)4)20(29)17(23(25)32)22(31)24(12,33)21(30)15(10)19(16)28;/h6-7,10,12,18,29-30,33H,8-9H2,1-5H3,(H2,25,32);1H. The number of amides is 1. The minimum absolute atomic E-state index is 0. The number of carbonyl (C=O) groups excluding carboxylic acids is 3. The van der Waals surface area contributed by atoms with E-state index in [1.165, 1.54) is 7.11 Å². The number of primary amides is 1. The molecule has 3 aliphatic rings.